The molecule has 164 valence electrons. The smallest absolute Gasteiger partial charge is 0.252 e. The Hall–Kier alpha value is -1.94. The number of hydrogen-bond donors (Lipinski definition) is 1. The van der Waals surface area contributed by atoms with Crippen molar-refractivity contribution in [2.45, 2.75) is 29.5 Å². The Balaban J connectivity index is 1.62. The van der Waals surface area contributed by atoms with E-state index in [0.29, 0.717) is 23.8 Å². The number of likely N-dealkylation sites (N-methyl/N-ethyl adjacent to an activating group) is 1. The fraction of sp³-hybridized carbons (Fsp3) is 0.476. The lowest BCUT2D eigenvalue weighted by molar-refractivity contribution is -0.120. The minimum absolute atomic E-state index is 0.0421. The lowest BCUT2D eigenvalue weighted by Gasteiger charge is -2.26. The van der Waals surface area contributed by atoms with Crippen molar-refractivity contribution < 1.29 is 17.9 Å². The number of para-hydroxylation sites is 1. The van der Waals surface area contributed by atoms with Crippen LogP contribution in [0.3, 0.4) is 0 Å². The van der Waals surface area contributed by atoms with Gasteiger partial charge in [-0.1, -0.05) is 18.2 Å². The molecule has 30 heavy (non-hydrogen) atoms. The standard InChI is InChI=1S/C21H29N3O4S2/c1-23(2)18(17-8-4-5-9-19(17)28-3)15-22-20(25)14-16-10-11-21(29-16)30(26,27)24-12-6-7-13-24/h4-5,8-11,18H,6-7,12-15H2,1-3H3,(H,22,25). The zero-order valence-electron chi connectivity index (χ0n) is 17.6. The maximum absolute atomic E-state index is 12.7. The molecule has 1 aliphatic rings. The summed E-state index contributed by atoms with van der Waals surface area (Å²) < 4.78 is 32.6. The van der Waals surface area contributed by atoms with E-state index in [2.05, 4.69) is 5.32 Å². The number of benzene rings is 1. The molecule has 0 saturated carbocycles. The summed E-state index contributed by atoms with van der Waals surface area (Å²) in [4.78, 5) is 15.3. The van der Waals surface area contributed by atoms with E-state index in [1.807, 2.05) is 43.3 Å². The predicted octanol–water partition coefficient (Wildman–Crippen LogP) is 2.50. The minimum atomic E-state index is -3.43. The van der Waals surface area contributed by atoms with Crippen LogP contribution in [0.4, 0.5) is 0 Å². The Morgan fingerprint density at radius 3 is 2.57 bits per heavy atom. The summed E-state index contributed by atoms with van der Waals surface area (Å²) in [5.41, 5.74) is 1.00. The average Bonchev–Trinajstić information content (AvgIpc) is 3.41. The summed E-state index contributed by atoms with van der Waals surface area (Å²) in [6.07, 6.45) is 1.96. The highest BCUT2D eigenvalue weighted by Crippen LogP contribution is 2.29. The van der Waals surface area contributed by atoms with Crippen LogP contribution in [0.25, 0.3) is 0 Å². The summed E-state index contributed by atoms with van der Waals surface area (Å²) >= 11 is 1.18. The molecule has 0 spiro atoms. The molecule has 2 heterocycles. The van der Waals surface area contributed by atoms with Crippen LogP contribution >= 0.6 is 11.3 Å². The molecule has 3 rings (SSSR count). The fourth-order valence-corrected chi connectivity index (χ4v) is 6.62. The van der Waals surface area contributed by atoms with Crippen LogP contribution in [-0.2, 0) is 21.2 Å². The van der Waals surface area contributed by atoms with Crippen LogP contribution in [0.15, 0.2) is 40.6 Å². The van der Waals surface area contributed by atoms with Gasteiger partial charge in [-0.15, -0.1) is 11.3 Å². The van der Waals surface area contributed by atoms with Gasteiger partial charge in [-0.2, -0.15) is 4.31 Å². The van der Waals surface area contributed by atoms with E-state index in [0.717, 1.165) is 29.0 Å². The SMILES string of the molecule is COc1ccccc1C(CNC(=O)Cc1ccc(S(=O)(=O)N2CCCC2)s1)N(C)C. The maximum Gasteiger partial charge on any atom is 0.252 e. The van der Waals surface area contributed by atoms with Crippen LogP contribution in [0.5, 0.6) is 5.75 Å². The Morgan fingerprint density at radius 2 is 1.90 bits per heavy atom. The number of hydrogen-bond acceptors (Lipinski definition) is 6. The molecule has 0 bridgehead atoms. The van der Waals surface area contributed by atoms with Gasteiger partial charge in [0.15, 0.2) is 0 Å². The first-order chi connectivity index (χ1) is 14.3. The van der Waals surface area contributed by atoms with Gasteiger partial charge in [0, 0.05) is 30.1 Å². The molecular formula is C21H29N3O4S2. The van der Waals surface area contributed by atoms with E-state index >= 15 is 0 Å². The first-order valence-electron chi connectivity index (χ1n) is 9.98. The molecule has 1 aromatic carbocycles. The first kappa shape index (κ1) is 22.7. The minimum Gasteiger partial charge on any atom is -0.496 e. The number of sulfonamides is 1. The van der Waals surface area contributed by atoms with E-state index in [4.69, 9.17) is 4.74 Å². The molecule has 1 atom stereocenters. The number of carbonyl (C=O) groups excluding carboxylic acids is 1. The molecular weight excluding hydrogens is 422 g/mol. The third-order valence-corrected chi connectivity index (χ3v) is 8.70. The lowest BCUT2D eigenvalue weighted by atomic mass is 10.0. The number of amides is 1. The number of methoxy groups -OCH3 is 1. The highest BCUT2D eigenvalue weighted by Gasteiger charge is 2.28. The van der Waals surface area contributed by atoms with E-state index in [1.54, 1.807) is 19.2 Å². The van der Waals surface area contributed by atoms with Gasteiger partial charge in [-0.25, -0.2) is 8.42 Å². The molecule has 1 fully saturated rings. The van der Waals surface area contributed by atoms with Gasteiger partial charge in [-0.05, 0) is 45.1 Å². The van der Waals surface area contributed by atoms with Crippen molar-refractivity contribution in [3.63, 3.8) is 0 Å². The van der Waals surface area contributed by atoms with Gasteiger partial charge in [0.25, 0.3) is 10.0 Å². The molecule has 1 unspecified atom stereocenters. The van der Waals surface area contributed by atoms with Gasteiger partial charge in [0.2, 0.25) is 5.91 Å². The normalized spacial score (nSPS) is 16.0. The van der Waals surface area contributed by atoms with E-state index < -0.39 is 10.0 Å². The lowest BCUT2D eigenvalue weighted by Crippen LogP contribution is -2.35. The summed E-state index contributed by atoms with van der Waals surface area (Å²) in [6, 6.07) is 11.1. The second-order valence-electron chi connectivity index (χ2n) is 7.53. The van der Waals surface area contributed by atoms with Crippen molar-refractivity contribution in [3.05, 3.63) is 46.8 Å². The number of rotatable bonds is 9. The van der Waals surface area contributed by atoms with Gasteiger partial charge < -0.3 is 15.0 Å². The van der Waals surface area contributed by atoms with Crippen LogP contribution in [0.1, 0.15) is 29.3 Å². The Kier molecular flexibility index (Phi) is 7.51. The molecule has 7 nitrogen and oxygen atoms in total. The largest absolute Gasteiger partial charge is 0.496 e. The van der Waals surface area contributed by atoms with Gasteiger partial charge >= 0.3 is 0 Å². The molecule has 1 saturated heterocycles. The summed E-state index contributed by atoms with van der Waals surface area (Å²) in [6.45, 7) is 1.58. The Morgan fingerprint density at radius 1 is 1.20 bits per heavy atom. The van der Waals surface area contributed by atoms with Gasteiger partial charge in [0.05, 0.1) is 19.6 Å². The average molecular weight is 452 g/mol. The van der Waals surface area contributed by atoms with Crippen LogP contribution in [-0.4, -0.2) is 64.4 Å². The molecule has 0 aliphatic carbocycles. The molecule has 1 amide bonds. The van der Waals surface area contributed by atoms with Crippen molar-refractivity contribution in [2.75, 3.05) is 40.8 Å². The van der Waals surface area contributed by atoms with Crippen LogP contribution in [0.2, 0.25) is 0 Å². The molecule has 1 aromatic heterocycles. The van der Waals surface area contributed by atoms with Crippen molar-refractivity contribution in [2.24, 2.45) is 0 Å². The first-order valence-corrected chi connectivity index (χ1v) is 12.2. The summed E-state index contributed by atoms with van der Waals surface area (Å²) in [5.74, 6) is 0.643. The van der Waals surface area contributed by atoms with E-state index in [9.17, 15) is 13.2 Å². The number of ether oxygens (including phenoxy) is 1. The van der Waals surface area contributed by atoms with Crippen LogP contribution in [0, 0.1) is 0 Å². The second kappa shape index (κ2) is 9.91. The topological polar surface area (TPSA) is 78.9 Å². The molecule has 0 radical (unpaired) electrons. The van der Waals surface area contributed by atoms with E-state index in [-0.39, 0.29) is 18.4 Å². The fourth-order valence-electron chi connectivity index (χ4n) is 3.59. The third kappa shape index (κ3) is 5.21. The maximum atomic E-state index is 12.7. The molecule has 2 aromatic rings. The van der Waals surface area contributed by atoms with Gasteiger partial charge in [0.1, 0.15) is 9.96 Å². The van der Waals surface area contributed by atoms with Crippen molar-refractivity contribution >= 4 is 27.3 Å². The number of carbonyl (C=O) groups is 1. The van der Waals surface area contributed by atoms with Crippen molar-refractivity contribution in [1.29, 1.82) is 0 Å². The predicted molar refractivity (Wildman–Crippen MR) is 118 cm³/mol. The van der Waals surface area contributed by atoms with Crippen molar-refractivity contribution in [3.8, 4) is 5.75 Å². The Labute approximate surface area is 182 Å². The van der Waals surface area contributed by atoms with Crippen molar-refractivity contribution in [1.82, 2.24) is 14.5 Å². The highest BCUT2D eigenvalue weighted by molar-refractivity contribution is 7.91. The summed E-state index contributed by atoms with van der Waals surface area (Å²) in [5, 5.41) is 2.98. The highest BCUT2D eigenvalue weighted by atomic mass is 32.2. The number of thiophene rings is 1. The number of nitrogens with zero attached hydrogens (tertiary/aromatic N) is 2. The van der Waals surface area contributed by atoms with E-state index in [1.165, 1.54) is 15.6 Å². The monoisotopic (exact) mass is 451 g/mol. The second-order valence-corrected chi connectivity index (χ2v) is 10.9. The molecule has 1 N–H and O–H groups in total. The molecule has 1 aliphatic heterocycles. The summed E-state index contributed by atoms with van der Waals surface area (Å²) in [7, 11) is 2.11. The third-order valence-electron chi connectivity index (χ3n) is 5.24. The number of nitrogens with one attached hydrogen (secondary N) is 1. The Bertz CT molecular complexity index is 966. The van der Waals surface area contributed by atoms with Gasteiger partial charge in [-0.3, -0.25) is 4.79 Å². The molecule has 9 heteroatoms. The zero-order chi connectivity index (χ0) is 21.7. The van der Waals surface area contributed by atoms with Crippen LogP contribution < -0.4 is 10.1 Å². The quantitative estimate of drug-likeness (QED) is 0.634. The zero-order valence-corrected chi connectivity index (χ0v) is 19.3.